The molecule has 260 valence electrons. The predicted octanol–water partition coefficient (Wildman–Crippen LogP) is 7.00. The van der Waals surface area contributed by atoms with Crippen LogP contribution < -0.4 is 5.32 Å². The Morgan fingerprint density at radius 3 is 2.55 bits per heavy atom. The van der Waals surface area contributed by atoms with Crippen LogP contribution in [0.25, 0.3) is 10.1 Å². The summed E-state index contributed by atoms with van der Waals surface area (Å²) in [5, 5.41) is 15.7. The number of halogens is 5. The fraction of sp³-hybridized carbons (Fsp3) is 0.394. The summed E-state index contributed by atoms with van der Waals surface area (Å²) in [5.41, 5.74) is 1.29. The third-order valence-electron chi connectivity index (χ3n) is 8.82. The van der Waals surface area contributed by atoms with E-state index >= 15 is 0 Å². The van der Waals surface area contributed by atoms with E-state index in [-0.39, 0.29) is 53.8 Å². The summed E-state index contributed by atoms with van der Waals surface area (Å²) >= 11 is 16.1. The van der Waals surface area contributed by atoms with Crippen LogP contribution in [0.4, 0.5) is 18.9 Å². The molecule has 0 spiro atoms. The van der Waals surface area contributed by atoms with Gasteiger partial charge in [-0.25, -0.2) is 4.98 Å². The van der Waals surface area contributed by atoms with Crippen LogP contribution >= 0.6 is 45.9 Å². The highest BCUT2D eigenvalue weighted by atomic mass is 35.5. The van der Waals surface area contributed by atoms with Crippen LogP contribution in [-0.4, -0.2) is 94.1 Å². The lowest BCUT2D eigenvalue weighted by Gasteiger charge is -2.38. The standard InChI is InChI=1S/C33H32Cl2F3N5O4S2/c34-24-14-26(40-31(47)23-17-48-28-4-2-1-3-22(23)28)25(35)11-19(24)12-29(44)43-16-20(42-9-7-41(8-10-42)18-33(36,37)38)13-27(43)32-39-15-21(49-32)5-6-30(45)46/h1-4,11,14-15,17,20,27H,5-10,12-13,16,18H2,(H,40,47)(H,45,46)/t20-,27-/m0/s1. The molecule has 2 fully saturated rings. The first kappa shape index (κ1) is 35.6. The molecule has 9 nitrogen and oxygen atoms in total. The molecule has 2 aromatic carbocycles. The third kappa shape index (κ3) is 8.55. The zero-order valence-corrected chi connectivity index (χ0v) is 29.2. The summed E-state index contributed by atoms with van der Waals surface area (Å²) in [6.45, 7) is 0.810. The summed E-state index contributed by atoms with van der Waals surface area (Å²) in [6.07, 6.45) is -1.90. The Balaban J connectivity index is 1.17. The number of thiazole rings is 1. The molecule has 2 aromatic heterocycles. The van der Waals surface area contributed by atoms with E-state index in [1.54, 1.807) is 22.5 Å². The summed E-state index contributed by atoms with van der Waals surface area (Å²) in [7, 11) is 0. The number of amides is 2. The van der Waals surface area contributed by atoms with Gasteiger partial charge in [0, 0.05) is 70.3 Å². The molecule has 2 amide bonds. The van der Waals surface area contributed by atoms with Crippen molar-refractivity contribution in [1.82, 2.24) is 19.7 Å². The Hall–Kier alpha value is -3.27. The Labute approximate surface area is 298 Å². The van der Waals surface area contributed by atoms with Crippen LogP contribution in [0.15, 0.2) is 48.0 Å². The number of hydrogen-bond donors (Lipinski definition) is 2. The maximum Gasteiger partial charge on any atom is 0.401 e. The molecule has 2 aliphatic rings. The van der Waals surface area contributed by atoms with Gasteiger partial charge in [0.2, 0.25) is 5.91 Å². The molecule has 2 saturated heterocycles. The lowest BCUT2D eigenvalue weighted by atomic mass is 10.1. The number of piperazine rings is 1. The van der Waals surface area contributed by atoms with Crippen LogP contribution in [-0.2, 0) is 22.4 Å². The van der Waals surface area contributed by atoms with Gasteiger partial charge in [0.1, 0.15) is 5.01 Å². The van der Waals surface area contributed by atoms with E-state index < -0.39 is 24.7 Å². The summed E-state index contributed by atoms with van der Waals surface area (Å²) in [5.74, 6) is -1.49. The van der Waals surface area contributed by atoms with Crippen molar-refractivity contribution in [3.63, 3.8) is 0 Å². The van der Waals surface area contributed by atoms with Crippen molar-refractivity contribution < 1.29 is 32.7 Å². The van der Waals surface area contributed by atoms with Crippen LogP contribution in [0.3, 0.4) is 0 Å². The Morgan fingerprint density at radius 2 is 1.82 bits per heavy atom. The highest BCUT2D eigenvalue weighted by molar-refractivity contribution is 7.17. The molecule has 0 unspecified atom stereocenters. The number of carbonyl (C=O) groups is 3. The number of carboxylic acid groups (broad SMARTS) is 1. The number of aliphatic carboxylic acids is 1. The van der Waals surface area contributed by atoms with E-state index in [0.717, 1.165) is 15.0 Å². The Bertz CT molecular complexity index is 1860. The first-order valence-corrected chi connectivity index (χ1v) is 18.0. The molecule has 0 bridgehead atoms. The quantitative estimate of drug-likeness (QED) is 0.180. The van der Waals surface area contributed by atoms with Crippen LogP contribution in [0.5, 0.6) is 0 Å². The van der Waals surface area contributed by atoms with E-state index in [2.05, 4.69) is 15.2 Å². The number of likely N-dealkylation sites (tertiary alicyclic amines) is 1. The van der Waals surface area contributed by atoms with Gasteiger partial charge in [-0.2, -0.15) is 13.2 Å². The number of alkyl halides is 3. The summed E-state index contributed by atoms with van der Waals surface area (Å²) < 4.78 is 39.9. The van der Waals surface area contributed by atoms with Crippen molar-refractivity contribution >= 4 is 79.4 Å². The fourth-order valence-corrected chi connectivity index (χ4v) is 8.83. The van der Waals surface area contributed by atoms with Crippen molar-refractivity contribution in [2.75, 3.05) is 44.6 Å². The zero-order valence-electron chi connectivity index (χ0n) is 26.0. The monoisotopic (exact) mass is 753 g/mol. The van der Waals surface area contributed by atoms with Gasteiger partial charge in [0.05, 0.1) is 41.7 Å². The number of carbonyl (C=O) groups excluding carboxylic acids is 2. The minimum absolute atomic E-state index is 0.0423. The number of nitrogens with one attached hydrogen (secondary N) is 1. The van der Waals surface area contributed by atoms with E-state index in [4.69, 9.17) is 28.3 Å². The van der Waals surface area contributed by atoms with Gasteiger partial charge in [0.15, 0.2) is 0 Å². The first-order valence-electron chi connectivity index (χ1n) is 15.6. The maximum atomic E-state index is 14.0. The number of nitrogens with zero attached hydrogens (tertiary/aromatic N) is 4. The van der Waals surface area contributed by atoms with Crippen LogP contribution in [0.1, 0.15) is 44.7 Å². The molecule has 0 aliphatic carbocycles. The number of fused-ring (bicyclic) bond motifs is 1. The highest BCUT2D eigenvalue weighted by Crippen LogP contribution is 2.39. The highest BCUT2D eigenvalue weighted by Gasteiger charge is 2.42. The van der Waals surface area contributed by atoms with E-state index in [1.165, 1.54) is 33.6 Å². The lowest BCUT2D eigenvalue weighted by Crippen LogP contribution is -2.52. The van der Waals surface area contributed by atoms with Crippen molar-refractivity contribution in [2.24, 2.45) is 0 Å². The third-order valence-corrected chi connectivity index (χ3v) is 11.6. The number of anilines is 1. The second-order valence-electron chi connectivity index (χ2n) is 12.1. The Kier molecular flexibility index (Phi) is 10.8. The van der Waals surface area contributed by atoms with Gasteiger partial charge in [-0.3, -0.25) is 24.2 Å². The number of carboxylic acids is 1. The summed E-state index contributed by atoms with van der Waals surface area (Å²) in [6, 6.07) is 10.2. The van der Waals surface area contributed by atoms with Gasteiger partial charge in [-0.1, -0.05) is 41.4 Å². The number of aryl methyl sites for hydroxylation is 1. The second-order valence-corrected chi connectivity index (χ2v) is 15.0. The molecule has 4 aromatic rings. The van der Waals surface area contributed by atoms with Gasteiger partial charge in [-0.05, 0) is 36.6 Å². The number of hydrogen-bond acceptors (Lipinski definition) is 8. The molecule has 49 heavy (non-hydrogen) atoms. The topological polar surface area (TPSA) is 106 Å². The average molecular weight is 755 g/mol. The smallest absolute Gasteiger partial charge is 0.401 e. The average Bonchev–Trinajstić information content (AvgIpc) is 3.80. The van der Waals surface area contributed by atoms with E-state index in [0.29, 0.717) is 54.3 Å². The van der Waals surface area contributed by atoms with Crippen molar-refractivity contribution in [1.29, 1.82) is 0 Å². The van der Waals surface area contributed by atoms with Crippen LogP contribution in [0, 0.1) is 0 Å². The minimum Gasteiger partial charge on any atom is -0.481 e. The second kappa shape index (κ2) is 14.9. The fourth-order valence-electron chi connectivity index (χ4n) is 6.38. The van der Waals surface area contributed by atoms with E-state index in [1.807, 2.05) is 24.3 Å². The van der Waals surface area contributed by atoms with Gasteiger partial charge in [-0.15, -0.1) is 22.7 Å². The van der Waals surface area contributed by atoms with Gasteiger partial charge >= 0.3 is 12.1 Å². The zero-order chi connectivity index (χ0) is 34.9. The number of aromatic nitrogens is 1. The van der Waals surface area contributed by atoms with Crippen molar-refractivity contribution in [2.45, 2.75) is 43.9 Å². The molecule has 6 rings (SSSR count). The SMILES string of the molecule is O=C(O)CCc1cnc([C@@H]2C[C@H](N3CCN(CC(F)(F)F)CC3)CN2C(=O)Cc2cc(Cl)c(NC(=O)c3csc4ccccc34)cc2Cl)s1. The van der Waals surface area contributed by atoms with Crippen LogP contribution in [0.2, 0.25) is 10.0 Å². The lowest BCUT2D eigenvalue weighted by molar-refractivity contribution is -0.150. The molecule has 0 saturated carbocycles. The molecule has 0 radical (unpaired) electrons. The number of thiophene rings is 1. The largest absolute Gasteiger partial charge is 0.481 e. The van der Waals surface area contributed by atoms with Gasteiger partial charge in [0.25, 0.3) is 5.91 Å². The summed E-state index contributed by atoms with van der Waals surface area (Å²) in [4.78, 5) is 48.8. The normalized spacial score (nSPS) is 19.1. The molecular formula is C33H32Cl2F3N5O4S2. The van der Waals surface area contributed by atoms with Crippen molar-refractivity contribution in [3.8, 4) is 0 Å². The van der Waals surface area contributed by atoms with Gasteiger partial charge < -0.3 is 15.3 Å². The molecule has 4 heterocycles. The number of rotatable bonds is 10. The molecule has 16 heteroatoms. The maximum absolute atomic E-state index is 14.0. The Morgan fingerprint density at radius 1 is 1.06 bits per heavy atom. The van der Waals surface area contributed by atoms with Crippen molar-refractivity contribution in [3.05, 3.63) is 79.0 Å². The minimum atomic E-state index is -4.26. The number of benzene rings is 2. The predicted molar refractivity (Wildman–Crippen MR) is 185 cm³/mol. The molecule has 2 N–H and O–H groups in total. The molecule has 2 atom stereocenters. The first-order chi connectivity index (χ1) is 23.3. The van der Waals surface area contributed by atoms with E-state index in [9.17, 15) is 27.6 Å². The molecule has 2 aliphatic heterocycles. The molecular weight excluding hydrogens is 722 g/mol.